The monoisotopic (exact) mass is 393 g/mol. The minimum absolute atomic E-state index is 0.198. The summed E-state index contributed by atoms with van der Waals surface area (Å²) in [5.74, 6) is 0. The van der Waals surface area contributed by atoms with Gasteiger partial charge in [-0.15, -0.1) is 11.3 Å². The smallest absolute Gasteiger partial charge is 0.207 e. The SMILES string of the molecule is CCc1ccsc1CNS(=O)(=O)c1ccc(Cl)c(Br)c1. The van der Waals surface area contributed by atoms with Crippen molar-refractivity contribution in [1.82, 2.24) is 4.72 Å². The van der Waals surface area contributed by atoms with Crippen LogP contribution in [0.5, 0.6) is 0 Å². The van der Waals surface area contributed by atoms with E-state index in [2.05, 4.69) is 27.6 Å². The summed E-state index contributed by atoms with van der Waals surface area (Å²) in [6.45, 7) is 2.36. The third-order valence-electron chi connectivity index (χ3n) is 2.84. The van der Waals surface area contributed by atoms with Crippen LogP contribution in [0, 0.1) is 0 Å². The Morgan fingerprint density at radius 1 is 1.35 bits per heavy atom. The lowest BCUT2D eigenvalue weighted by molar-refractivity contribution is 0.581. The minimum atomic E-state index is -3.53. The number of nitrogens with one attached hydrogen (secondary N) is 1. The molecular weight excluding hydrogens is 382 g/mol. The van der Waals surface area contributed by atoms with Gasteiger partial charge < -0.3 is 0 Å². The van der Waals surface area contributed by atoms with Gasteiger partial charge in [-0.1, -0.05) is 18.5 Å². The van der Waals surface area contributed by atoms with Crippen LogP contribution in [0.3, 0.4) is 0 Å². The maximum absolute atomic E-state index is 12.2. The van der Waals surface area contributed by atoms with E-state index in [9.17, 15) is 8.42 Å². The highest BCUT2D eigenvalue weighted by molar-refractivity contribution is 9.10. The van der Waals surface area contributed by atoms with E-state index < -0.39 is 10.0 Å². The average molecular weight is 395 g/mol. The Morgan fingerprint density at radius 3 is 2.75 bits per heavy atom. The number of halogens is 2. The van der Waals surface area contributed by atoms with Crippen molar-refractivity contribution < 1.29 is 8.42 Å². The quantitative estimate of drug-likeness (QED) is 0.826. The van der Waals surface area contributed by atoms with Gasteiger partial charge in [-0.05, 0) is 57.6 Å². The third-order valence-corrected chi connectivity index (χ3v) is 6.42. The number of benzene rings is 1. The Labute approximate surface area is 136 Å². The fraction of sp³-hybridized carbons (Fsp3) is 0.231. The summed E-state index contributed by atoms with van der Waals surface area (Å²) in [7, 11) is -3.53. The van der Waals surface area contributed by atoms with Crippen LogP contribution >= 0.6 is 38.9 Å². The zero-order valence-corrected chi connectivity index (χ0v) is 14.7. The highest BCUT2D eigenvalue weighted by Gasteiger charge is 2.16. The van der Waals surface area contributed by atoms with Crippen molar-refractivity contribution in [1.29, 1.82) is 0 Å². The van der Waals surface area contributed by atoms with Crippen molar-refractivity contribution in [3.63, 3.8) is 0 Å². The molecular formula is C13H13BrClNO2S2. The largest absolute Gasteiger partial charge is 0.240 e. The lowest BCUT2D eigenvalue weighted by Gasteiger charge is -2.08. The second kappa shape index (κ2) is 6.58. The molecule has 0 radical (unpaired) electrons. The molecule has 0 aliphatic carbocycles. The fourth-order valence-electron chi connectivity index (χ4n) is 1.73. The van der Waals surface area contributed by atoms with Crippen molar-refractivity contribution in [3.8, 4) is 0 Å². The first-order valence-corrected chi connectivity index (χ1v) is 9.47. The summed E-state index contributed by atoms with van der Waals surface area (Å²) in [6.07, 6.45) is 0.896. The number of hydrogen-bond acceptors (Lipinski definition) is 3. The molecule has 108 valence electrons. The first-order chi connectivity index (χ1) is 9.44. The number of sulfonamides is 1. The molecule has 0 fully saturated rings. The Hall–Kier alpha value is -0.400. The molecule has 0 atom stereocenters. The van der Waals surface area contributed by atoms with Gasteiger partial charge in [0.15, 0.2) is 0 Å². The highest BCUT2D eigenvalue weighted by Crippen LogP contribution is 2.25. The van der Waals surface area contributed by atoms with E-state index in [1.165, 1.54) is 17.7 Å². The van der Waals surface area contributed by atoms with E-state index in [1.54, 1.807) is 17.4 Å². The molecule has 0 aliphatic heterocycles. The van der Waals surface area contributed by atoms with Crippen LogP contribution in [-0.2, 0) is 23.0 Å². The summed E-state index contributed by atoms with van der Waals surface area (Å²) >= 11 is 10.7. The molecule has 0 unspecified atom stereocenters. The molecule has 0 saturated carbocycles. The summed E-state index contributed by atoms with van der Waals surface area (Å²) in [5, 5.41) is 2.46. The molecule has 3 nitrogen and oxygen atoms in total. The molecule has 0 bridgehead atoms. The van der Waals surface area contributed by atoms with Gasteiger partial charge in [-0.2, -0.15) is 0 Å². The van der Waals surface area contributed by atoms with Crippen molar-refractivity contribution in [3.05, 3.63) is 49.6 Å². The standard InChI is InChI=1S/C13H13BrClNO2S2/c1-2-9-5-6-19-13(9)8-16-20(17,18)10-3-4-12(15)11(14)7-10/h3-7,16H,2,8H2,1H3. The second-order valence-electron chi connectivity index (χ2n) is 4.12. The molecule has 0 spiro atoms. The molecule has 0 aliphatic rings. The highest BCUT2D eigenvalue weighted by atomic mass is 79.9. The predicted molar refractivity (Wildman–Crippen MR) is 86.9 cm³/mol. The molecule has 1 heterocycles. The Balaban J connectivity index is 2.17. The van der Waals surface area contributed by atoms with Crippen molar-refractivity contribution in [2.45, 2.75) is 24.8 Å². The summed E-state index contributed by atoms with van der Waals surface area (Å²) < 4.78 is 27.6. The lowest BCUT2D eigenvalue weighted by Crippen LogP contribution is -2.23. The molecule has 1 aromatic carbocycles. The maximum atomic E-state index is 12.2. The Bertz CT molecular complexity index is 713. The molecule has 2 aromatic rings. The molecule has 20 heavy (non-hydrogen) atoms. The lowest BCUT2D eigenvalue weighted by atomic mass is 10.2. The summed E-state index contributed by atoms with van der Waals surface area (Å²) in [5.41, 5.74) is 1.18. The number of rotatable bonds is 5. The van der Waals surface area contributed by atoms with Gasteiger partial charge in [-0.3, -0.25) is 0 Å². The van der Waals surface area contributed by atoms with Crippen LogP contribution in [0.15, 0.2) is 39.0 Å². The number of thiophene rings is 1. The normalized spacial score (nSPS) is 11.8. The molecule has 0 saturated heterocycles. The number of hydrogen-bond donors (Lipinski definition) is 1. The molecule has 0 amide bonds. The van der Waals surface area contributed by atoms with Crippen LogP contribution in [0.25, 0.3) is 0 Å². The second-order valence-corrected chi connectivity index (χ2v) is 8.15. The van der Waals surface area contributed by atoms with Gasteiger partial charge in [0.1, 0.15) is 0 Å². The zero-order chi connectivity index (χ0) is 14.8. The van der Waals surface area contributed by atoms with Gasteiger partial charge in [0, 0.05) is 15.9 Å². The Morgan fingerprint density at radius 2 is 2.10 bits per heavy atom. The van der Waals surface area contributed by atoms with E-state index in [4.69, 9.17) is 11.6 Å². The van der Waals surface area contributed by atoms with Crippen molar-refractivity contribution in [2.24, 2.45) is 0 Å². The van der Waals surface area contributed by atoms with Gasteiger partial charge in [0.25, 0.3) is 0 Å². The Kier molecular flexibility index (Phi) is 5.25. The van der Waals surface area contributed by atoms with Crippen LogP contribution in [0.2, 0.25) is 5.02 Å². The summed E-state index contributed by atoms with van der Waals surface area (Å²) in [4.78, 5) is 1.24. The van der Waals surface area contributed by atoms with E-state index in [0.29, 0.717) is 16.0 Å². The van der Waals surface area contributed by atoms with Gasteiger partial charge in [0.2, 0.25) is 10.0 Å². The number of aryl methyl sites for hydroxylation is 1. The third kappa shape index (κ3) is 3.62. The predicted octanol–water partition coefficient (Wildman–Crippen LogP) is 4.20. The van der Waals surface area contributed by atoms with E-state index in [1.807, 2.05) is 11.4 Å². The first kappa shape index (κ1) is 16.0. The van der Waals surface area contributed by atoms with Crippen LogP contribution < -0.4 is 4.72 Å². The van der Waals surface area contributed by atoms with Crippen LogP contribution in [-0.4, -0.2) is 8.42 Å². The zero-order valence-electron chi connectivity index (χ0n) is 10.7. The molecule has 2 rings (SSSR count). The van der Waals surface area contributed by atoms with Gasteiger partial charge in [0.05, 0.1) is 9.92 Å². The van der Waals surface area contributed by atoms with Crippen LogP contribution in [0.1, 0.15) is 17.4 Å². The van der Waals surface area contributed by atoms with Crippen LogP contribution in [0.4, 0.5) is 0 Å². The molecule has 7 heteroatoms. The van der Waals surface area contributed by atoms with Crippen molar-refractivity contribution in [2.75, 3.05) is 0 Å². The first-order valence-electron chi connectivity index (χ1n) is 5.94. The molecule has 1 N–H and O–H groups in total. The fourth-order valence-corrected chi connectivity index (χ4v) is 4.40. The maximum Gasteiger partial charge on any atom is 0.240 e. The summed E-state index contributed by atoms with van der Waals surface area (Å²) in [6, 6.07) is 6.57. The van der Waals surface area contributed by atoms with E-state index in [-0.39, 0.29) is 4.90 Å². The van der Waals surface area contributed by atoms with Gasteiger partial charge in [-0.25, -0.2) is 13.1 Å². The molecule has 1 aromatic heterocycles. The van der Waals surface area contributed by atoms with E-state index >= 15 is 0 Å². The van der Waals surface area contributed by atoms with Crippen molar-refractivity contribution >= 4 is 48.9 Å². The minimum Gasteiger partial charge on any atom is -0.207 e. The topological polar surface area (TPSA) is 46.2 Å². The van der Waals surface area contributed by atoms with Gasteiger partial charge >= 0.3 is 0 Å². The average Bonchev–Trinajstić information content (AvgIpc) is 2.87. The van der Waals surface area contributed by atoms with E-state index in [0.717, 1.165) is 11.3 Å².